The van der Waals surface area contributed by atoms with Crippen molar-refractivity contribution in [2.24, 2.45) is 0 Å². The Morgan fingerprint density at radius 1 is 0.259 bits per heavy atom. The van der Waals surface area contributed by atoms with Gasteiger partial charge in [0, 0.05) is 27.2 Å². The lowest BCUT2D eigenvalue weighted by molar-refractivity contribution is 1.16. The summed E-state index contributed by atoms with van der Waals surface area (Å²) in [6.45, 7) is 0. The quantitative estimate of drug-likeness (QED) is 0.123. The highest BCUT2D eigenvalue weighted by molar-refractivity contribution is 7.20. The molecule has 9 aromatic carbocycles. The minimum absolute atomic E-state index is 1.11. The van der Waals surface area contributed by atoms with Crippen LogP contribution in [0.15, 0.2) is 224 Å². The molecule has 12 aromatic rings. The molecule has 0 atom stereocenters. The molecule has 0 aliphatic rings. The first-order valence-electron chi connectivity index (χ1n) is 20.0. The van der Waals surface area contributed by atoms with E-state index in [0.717, 1.165) is 27.8 Å². The molecular formula is C54H37N3Si. The van der Waals surface area contributed by atoms with Gasteiger partial charge in [-0.05, 0) is 69.3 Å². The lowest BCUT2D eigenvalue weighted by Crippen LogP contribution is -2.74. The number of aromatic nitrogens is 3. The van der Waals surface area contributed by atoms with Crippen LogP contribution in [0.3, 0.4) is 0 Å². The average molecular weight is 756 g/mol. The number of nitrogens with zero attached hydrogens (tertiary/aromatic N) is 3. The van der Waals surface area contributed by atoms with Gasteiger partial charge in [0.15, 0.2) is 8.07 Å². The fourth-order valence-electron chi connectivity index (χ4n) is 10.0. The number of rotatable bonds is 5. The normalized spacial score (nSPS) is 12.1. The van der Waals surface area contributed by atoms with Crippen LogP contribution in [0.25, 0.3) is 71.4 Å². The molecule has 3 nitrogen and oxygen atoms in total. The molecule has 0 saturated heterocycles. The molecule has 0 spiro atoms. The van der Waals surface area contributed by atoms with Crippen molar-refractivity contribution in [1.82, 2.24) is 13.4 Å². The number of benzene rings is 9. The van der Waals surface area contributed by atoms with E-state index >= 15 is 0 Å². The fraction of sp³-hybridized carbons (Fsp3) is 0. The first kappa shape index (κ1) is 32.8. The Hall–Kier alpha value is -7.40. The highest BCUT2D eigenvalue weighted by Gasteiger charge is 2.41. The Labute approximate surface area is 336 Å². The number of hydrogen-bond acceptors (Lipinski definition) is 0. The molecule has 0 aliphatic heterocycles. The lowest BCUT2D eigenvalue weighted by Gasteiger charge is -2.34. The van der Waals surface area contributed by atoms with Gasteiger partial charge in [-0.25, -0.2) is 0 Å². The van der Waals surface area contributed by atoms with E-state index < -0.39 is 8.07 Å². The van der Waals surface area contributed by atoms with E-state index in [4.69, 9.17) is 0 Å². The SMILES string of the molecule is c1ccc(-n2c3ccccc3n3c4ccccc4c4cccc(c43)n3c4ccc([Si](c5ccccc5)(c5ccccc5)c5ccccc5)cc4c4cccc2c43)cc1. The molecule has 3 aromatic heterocycles. The smallest absolute Gasteiger partial charge is 0.179 e. The second kappa shape index (κ2) is 12.8. The highest BCUT2D eigenvalue weighted by Crippen LogP contribution is 2.39. The summed E-state index contributed by atoms with van der Waals surface area (Å²) in [4.78, 5) is 0. The van der Waals surface area contributed by atoms with Gasteiger partial charge >= 0.3 is 0 Å². The third-order valence-corrected chi connectivity index (χ3v) is 17.1. The Morgan fingerprint density at radius 2 is 0.690 bits per heavy atom. The molecule has 58 heavy (non-hydrogen) atoms. The number of hydrogen-bond donors (Lipinski definition) is 0. The van der Waals surface area contributed by atoms with Crippen LogP contribution < -0.4 is 20.7 Å². The van der Waals surface area contributed by atoms with E-state index in [9.17, 15) is 0 Å². The predicted molar refractivity (Wildman–Crippen MR) is 248 cm³/mol. The van der Waals surface area contributed by atoms with Gasteiger partial charge in [0.05, 0.1) is 44.1 Å². The standard InChI is InChI=1S/C54H37N3Si/c1-5-19-38(20-6-1)55-49-31-15-16-32-50(49)56-47-30-14-13-27-43(47)44-28-17-34-52(53(44)56)57-48-36-35-42(37-46(48)45-29-18-33-51(55)54(45)57)58(39-21-7-2-8-22-39,40-23-9-3-10-24-40)41-25-11-4-12-26-41/h1-37H. The summed E-state index contributed by atoms with van der Waals surface area (Å²) in [5.74, 6) is 0. The summed E-state index contributed by atoms with van der Waals surface area (Å²) < 4.78 is 7.53. The summed E-state index contributed by atoms with van der Waals surface area (Å²) in [5.41, 5.74) is 10.4. The Balaban J connectivity index is 1.35. The van der Waals surface area contributed by atoms with Crippen molar-refractivity contribution < 1.29 is 0 Å². The van der Waals surface area contributed by atoms with Crippen molar-refractivity contribution >= 4 is 94.5 Å². The lowest BCUT2D eigenvalue weighted by atomic mass is 10.1. The van der Waals surface area contributed by atoms with E-state index in [-0.39, 0.29) is 0 Å². The van der Waals surface area contributed by atoms with Gasteiger partial charge in [-0.3, -0.25) is 0 Å². The number of para-hydroxylation sites is 6. The average Bonchev–Trinajstić information content (AvgIpc) is 3.83. The highest BCUT2D eigenvalue weighted by atomic mass is 28.3. The van der Waals surface area contributed by atoms with Gasteiger partial charge in [-0.15, -0.1) is 0 Å². The van der Waals surface area contributed by atoms with Gasteiger partial charge in [0.25, 0.3) is 0 Å². The van der Waals surface area contributed by atoms with Gasteiger partial charge in [-0.1, -0.05) is 176 Å². The van der Waals surface area contributed by atoms with Crippen LogP contribution in [0.2, 0.25) is 0 Å². The van der Waals surface area contributed by atoms with E-state index in [0.29, 0.717) is 0 Å². The molecule has 0 bridgehead atoms. The van der Waals surface area contributed by atoms with E-state index in [1.165, 1.54) is 64.4 Å². The van der Waals surface area contributed by atoms with Crippen molar-refractivity contribution in [3.63, 3.8) is 0 Å². The maximum Gasteiger partial charge on any atom is 0.179 e. The summed E-state index contributed by atoms with van der Waals surface area (Å²) in [6.07, 6.45) is 0. The van der Waals surface area contributed by atoms with Crippen molar-refractivity contribution in [3.8, 4) is 5.69 Å². The molecule has 272 valence electrons. The van der Waals surface area contributed by atoms with Crippen LogP contribution in [-0.2, 0) is 0 Å². The van der Waals surface area contributed by atoms with Crippen molar-refractivity contribution in [2.45, 2.75) is 0 Å². The molecule has 0 amide bonds. The van der Waals surface area contributed by atoms with Gasteiger partial charge in [0.1, 0.15) is 0 Å². The maximum atomic E-state index is 2.56. The largest absolute Gasteiger partial charge is 0.306 e. The van der Waals surface area contributed by atoms with Crippen molar-refractivity contribution in [1.29, 1.82) is 0 Å². The first-order valence-corrected chi connectivity index (χ1v) is 22.0. The molecule has 0 N–H and O–H groups in total. The molecule has 0 radical (unpaired) electrons. The Kier molecular flexibility index (Phi) is 7.25. The van der Waals surface area contributed by atoms with Crippen LogP contribution in [0.5, 0.6) is 0 Å². The molecule has 4 heteroatoms. The predicted octanol–water partition coefficient (Wildman–Crippen LogP) is 10.7. The zero-order chi connectivity index (χ0) is 38.2. The van der Waals surface area contributed by atoms with Crippen molar-refractivity contribution in [3.05, 3.63) is 224 Å². The molecule has 0 saturated carbocycles. The van der Waals surface area contributed by atoms with Crippen LogP contribution in [0.4, 0.5) is 0 Å². The molecule has 0 aliphatic carbocycles. The zero-order valence-electron chi connectivity index (χ0n) is 31.7. The minimum atomic E-state index is -2.80. The Morgan fingerprint density at radius 3 is 1.33 bits per heavy atom. The Bertz CT molecular complexity index is 3450. The summed E-state index contributed by atoms with van der Waals surface area (Å²) >= 11 is 0. The molecular weight excluding hydrogens is 719 g/mol. The van der Waals surface area contributed by atoms with Crippen LogP contribution in [-0.4, -0.2) is 21.4 Å². The van der Waals surface area contributed by atoms with Gasteiger partial charge in [0.2, 0.25) is 0 Å². The van der Waals surface area contributed by atoms with Crippen LogP contribution >= 0.6 is 0 Å². The first-order chi connectivity index (χ1) is 28.8. The monoisotopic (exact) mass is 755 g/mol. The second-order valence-electron chi connectivity index (χ2n) is 15.3. The number of fused-ring (bicyclic) bond motifs is 9. The zero-order valence-corrected chi connectivity index (χ0v) is 32.7. The summed E-state index contributed by atoms with van der Waals surface area (Å²) in [6, 6.07) is 83.4. The van der Waals surface area contributed by atoms with E-state index in [2.05, 4.69) is 238 Å². The topological polar surface area (TPSA) is 13.8 Å². The van der Waals surface area contributed by atoms with E-state index in [1.807, 2.05) is 0 Å². The summed E-state index contributed by atoms with van der Waals surface area (Å²) in [5, 5.41) is 10.4. The van der Waals surface area contributed by atoms with Crippen LogP contribution in [0, 0.1) is 0 Å². The minimum Gasteiger partial charge on any atom is -0.306 e. The second-order valence-corrected chi connectivity index (χ2v) is 19.1. The van der Waals surface area contributed by atoms with Gasteiger partial charge < -0.3 is 13.4 Å². The third-order valence-electron chi connectivity index (χ3n) is 12.4. The molecule has 0 fully saturated rings. The van der Waals surface area contributed by atoms with E-state index in [1.54, 1.807) is 0 Å². The fourth-order valence-corrected chi connectivity index (χ4v) is 14.8. The maximum absolute atomic E-state index is 2.80. The van der Waals surface area contributed by atoms with Crippen molar-refractivity contribution in [2.75, 3.05) is 0 Å². The third kappa shape index (κ3) is 4.55. The molecule has 0 unspecified atom stereocenters. The summed E-state index contributed by atoms with van der Waals surface area (Å²) in [7, 11) is -2.80. The molecule has 3 heterocycles. The molecule has 12 rings (SSSR count). The van der Waals surface area contributed by atoms with Gasteiger partial charge in [-0.2, -0.15) is 0 Å². The van der Waals surface area contributed by atoms with Crippen LogP contribution in [0.1, 0.15) is 0 Å².